The third kappa shape index (κ3) is 6.19. The quantitative estimate of drug-likeness (QED) is 0.870. The lowest BCUT2D eigenvalue weighted by atomic mass is 10.2. The summed E-state index contributed by atoms with van der Waals surface area (Å²) in [6.07, 6.45) is 4.86. The SMILES string of the molecule is CCC(C)NCc1cccnc1.Cl.Cl. The first-order valence-corrected chi connectivity index (χ1v) is 4.45. The van der Waals surface area contributed by atoms with Gasteiger partial charge in [-0.3, -0.25) is 4.98 Å². The number of hydrogen-bond acceptors (Lipinski definition) is 2. The lowest BCUT2D eigenvalue weighted by Gasteiger charge is -2.10. The van der Waals surface area contributed by atoms with Crippen LogP contribution in [0, 0.1) is 0 Å². The van der Waals surface area contributed by atoms with Gasteiger partial charge in [0.15, 0.2) is 0 Å². The van der Waals surface area contributed by atoms with E-state index in [1.54, 1.807) is 6.20 Å². The number of aromatic nitrogens is 1. The van der Waals surface area contributed by atoms with Gasteiger partial charge in [0.25, 0.3) is 0 Å². The third-order valence-corrected chi connectivity index (χ3v) is 1.99. The Morgan fingerprint density at radius 3 is 2.64 bits per heavy atom. The van der Waals surface area contributed by atoms with Gasteiger partial charge in [-0.1, -0.05) is 13.0 Å². The smallest absolute Gasteiger partial charge is 0.0312 e. The molecule has 0 saturated carbocycles. The maximum atomic E-state index is 4.05. The van der Waals surface area contributed by atoms with Gasteiger partial charge in [-0.2, -0.15) is 0 Å². The molecule has 0 fully saturated rings. The van der Waals surface area contributed by atoms with Crippen LogP contribution < -0.4 is 5.32 Å². The molecule has 1 N–H and O–H groups in total. The highest BCUT2D eigenvalue weighted by molar-refractivity contribution is 5.85. The van der Waals surface area contributed by atoms with Crippen LogP contribution in [0.15, 0.2) is 24.5 Å². The minimum atomic E-state index is 0. The maximum Gasteiger partial charge on any atom is 0.0312 e. The molecule has 1 aromatic rings. The summed E-state index contributed by atoms with van der Waals surface area (Å²) in [5.74, 6) is 0. The van der Waals surface area contributed by atoms with Crippen LogP contribution in [-0.4, -0.2) is 11.0 Å². The molecule has 82 valence electrons. The Bertz CT molecular complexity index is 217. The fraction of sp³-hybridized carbons (Fsp3) is 0.500. The monoisotopic (exact) mass is 236 g/mol. The molecule has 0 aliphatic heterocycles. The van der Waals surface area contributed by atoms with Gasteiger partial charge in [-0.05, 0) is 25.0 Å². The summed E-state index contributed by atoms with van der Waals surface area (Å²) in [4.78, 5) is 4.05. The van der Waals surface area contributed by atoms with E-state index in [1.807, 2.05) is 12.3 Å². The molecule has 0 saturated heterocycles. The molecule has 0 amide bonds. The second-order valence-electron chi connectivity index (χ2n) is 3.05. The van der Waals surface area contributed by atoms with Crippen LogP contribution >= 0.6 is 24.8 Å². The number of pyridine rings is 1. The zero-order valence-electron chi connectivity index (χ0n) is 8.56. The van der Waals surface area contributed by atoms with Crippen molar-refractivity contribution in [1.29, 1.82) is 0 Å². The van der Waals surface area contributed by atoms with E-state index < -0.39 is 0 Å². The van der Waals surface area contributed by atoms with Crippen LogP contribution in [-0.2, 0) is 6.54 Å². The normalized spacial score (nSPS) is 11.0. The lowest BCUT2D eigenvalue weighted by Crippen LogP contribution is -2.24. The number of nitrogens with zero attached hydrogens (tertiary/aromatic N) is 1. The van der Waals surface area contributed by atoms with Gasteiger partial charge < -0.3 is 5.32 Å². The van der Waals surface area contributed by atoms with E-state index >= 15 is 0 Å². The van der Waals surface area contributed by atoms with Crippen LogP contribution in [0.4, 0.5) is 0 Å². The number of halogens is 2. The summed E-state index contributed by atoms with van der Waals surface area (Å²) in [6, 6.07) is 4.64. The van der Waals surface area contributed by atoms with E-state index in [0.29, 0.717) is 6.04 Å². The van der Waals surface area contributed by atoms with Crippen LogP contribution in [0.3, 0.4) is 0 Å². The van der Waals surface area contributed by atoms with E-state index in [-0.39, 0.29) is 24.8 Å². The average Bonchev–Trinajstić information content (AvgIpc) is 2.16. The molecule has 4 heteroatoms. The molecular weight excluding hydrogens is 219 g/mol. The van der Waals surface area contributed by atoms with E-state index in [0.717, 1.165) is 6.54 Å². The highest BCUT2D eigenvalue weighted by Gasteiger charge is 1.96. The maximum absolute atomic E-state index is 4.05. The Morgan fingerprint density at radius 1 is 1.43 bits per heavy atom. The summed E-state index contributed by atoms with van der Waals surface area (Å²) in [5, 5.41) is 3.41. The minimum Gasteiger partial charge on any atom is -0.310 e. The van der Waals surface area contributed by atoms with Gasteiger partial charge in [0, 0.05) is 25.0 Å². The molecule has 0 radical (unpaired) electrons. The van der Waals surface area contributed by atoms with Crippen molar-refractivity contribution >= 4 is 24.8 Å². The lowest BCUT2D eigenvalue weighted by molar-refractivity contribution is 0.533. The standard InChI is InChI=1S/C10H16N2.2ClH/c1-3-9(2)12-8-10-5-4-6-11-7-10;;/h4-7,9,12H,3,8H2,1-2H3;2*1H. The number of rotatable bonds is 4. The largest absolute Gasteiger partial charge is 0.310 e. The second kappa shape index (κ2) is 9.25. The molecule has 0 aliphatic rings. The molecule has 14 heavy (non-hydrogen) atoms. The van der Waals surface area contributed by atoms with Gasteiger partial charge in [-0.25, -0.2) is 0 Å². The molecule has 1 heterocycles. The Kier molecular flexibility index (Phi) is 10.7. The van der Waals surface area contributed by atoms with Crippen LogP contribution in [0.2, 0.25) is 0 Å². The van der Waals surface area contributed by atoms with E-state index in [9.17, 15) is 0 Å². The average molecular weight is 237 g/mol. The van der Waals surface area contributed by atoms with Gasteiger partial charge >= 0.3 is 0 Å². The molecule has 2 nitrogen and oxygen atoms in total. The Labute approximate surface area is 98.3 Å². The van der Waals surface area contributed by atoms with E-state index in [4.69, 9.17) is 0 Å². The first-order valence-electron chi connectivity index (χ1n) is 4.45. The Hall–Kier alpha value is -0.310. The summed E-state index contributed by atoms with van der Waals surface area (Å²) >= 11 is 0. The Morgan fingerprint density at radius 2 is 2.14 bits per heavy atom. The molecule has 1 unspecified atom stereocenters. The summed E-state index contributed by atoms with van der Waals surface area (Å²) in [5.41, 5.74) is 1.25. The highest BCUT2D eigenvalue weighted by atomic mass is 35.5. The van der Waals surface area contributed by atoms with Crippen molar-refractivity contribution < 1.29 is 0 Å². The highest BCUT2D eigenvalue weighted by Crippen LogP contribution is 1.96. The topological polar surface area (TPSA) is 24.9 Å². The second-order valence-corrected chi connectivity index (χ2v) is 3.05. The van der Waals surface area contributed by atoms with Crippen molar-refractivity contribution in [3.8, 4) is 0 Å². The van der Waals surface area contributed by atoms with Crippen LogP contribution in [0.25, 0.3) is 0 Å². The molecule has 0 aromatic carbocycles. The van der Waals surface area contributed by atoms with Crippen molar-refractivity contribution in [3.05, 3.63) is 30.1 Å². The molecular formula is C10H18Cl2N2. The fourth-order valence-electron chi connectivity index (χ4n) is 0.939. The first-order chi connectivity index (χ1) is 5.83. The molecule has 0 aliphatic carbocycles. The van der Waals surface area contributed by atoms with E-state index in [2.05, 4.69) is 30.2 Å². The van der Waals surface area contributed by atoms with Gasteiger partial charge in [0.1, 0.15) is 0 Å². The summed E-state index contributed by atoms with van der Waals surface area (Å²) in [7, 11) is 0. The van der Waals surface area contributed by atoms with Crippen molar-refractivity contribution in [3.63, 3.8) is 0 Å². The van der Waals surface area contributed by atoms with Gasteiger partial charge in [-0.15, -0.1) is 24.8 Å². The van der Waals surface area contributed by atoms with E-state index in [1.165, 1.54) is 12.0 Å². The minimum absolute atomic E-state index is 0. The predicted octanol–water partition coefficient (Wildman–Crippen LogP) is 2.81. The molecule has 0 spiro atoms. The summed E-state index contributed by atoms with van der Waals surface area (Å²) < 4.78 is 0. The third-order valence-electron chi connectivity index (χ3n) is 1.99. The van der Waals surface area contributed by atoms with Crippen molar-refractivity contribution in [2.45, 2.75) is 32.9 Å². The van der Waals surface area contributed by atoms with Crippen LogP contribution in [0.1, 0.15) is 25.8 Å². The van der Waals surface area contributed by atoms with Gasteiger partial charge in [0.05, 0.1) is 0 Å². The number of hydrogen-bond donors (Lipinski definition) is 1. The van der Waals surface area contributed by atoms with Gasteiger partial charge in [0.2, 0.25) is 0 Å². The molecule has 0 bridgehead atoms. The predicted molar refractivity (Wildman–Crippen MR) is 65.3 cm³/mol. The van der Waals surface area contributed by atoms with Crippen molar-refractivity contribution in [1.82, 2.24) is 10.3 Å². The fourth-order valence-corrected chi connectivity index (χ4v) is 0.939. The molecule has 1 aromatic heterocycles. The zero-order chi connectivity index (χ0) is 8.81. The van der Waals surface area contributed by atoms with Crippen LogP contribution in [0.5, 0.6) is 0 Å². The molecule has 1 atom stereocenters. The Balaban J connectivity index is 0. The van der Waals surface area contributed by atoms with Crippen molar-refractivity contribution in [2.24, 2.45) is 0 Å². The summed E-state index contributed by atoms with van der Waals surface area (Å²) in [6.45, 7) is 5.29. The number of nitrogens with one attached hydrogen (secondary N) is 1. The molecule has 1 rings (SSSR count). The van der Waals surface area contributed by atoms with Crippen molar-refractivity contribution in [2.75, 3.05) is 0 Å². The first kappa shape index (κ1) is 16.1. The zero-order valence-corrected chi connectivity index (χ0v) is 10.2.